The Morgan fingerprint density at radius 1 is 1.50 bits per heavy atom. The third-order valence-corrected chi connectivity index (χ3v) is 3.26. The first-order valence-corrected chi connectivity index (χ1v) is 6.19. The maximum absolute atomic E-state index is 5.89. The van der Waals surface area contributed by atoms with Gasteiger partial charge >= 0.3 is 0 Å². The van der Waals surface area contributed by atoms with E-state index in [1.54, 1.807) is 0 Å². The topological polar surface area (TPSA) is 9.23 Å². The number of alkyl halides is 1. The summed E-state index contributed by atoms with van der Waals surface area (Å²) in [5.41, 5.74) is 2.32. The number of halogens is 2. The molecule has 0 saturated heterocycles. The van der Waals surface area contributed by atoms with E-state index < -0.39 is 0 Å². The molecule has 1 nitrogen and oxygen atoms in total. The lowest BCUT2D eigenvalue weighted by molar-refractivity contribution is 0.137. The van der Waals surface area contributed by atoms with Crippen molar-refractivity contribution in [3.05, 3.63) is 26.8 Å². The van der Waals surface area contributed by atoms with E-state index >= 15 is 0 Å². The van der Waals surface area contributed by atoms with E-state index in [9.17, 15) is 0 Å². The molecule has 0 bridgehead atoms. The lowest BCUT2D eigenvalue weighted by Gasteiger charge is -2.17. The highest BCUT2D eigenvalue weighted by Gasteiger charge is 2.31. The van der Waals surface area contributed by atoms with E-state index in [2.05, 4.69) is 48.6 Å². The molecule has 3 heteroatoms. The van der Waals surface area contributed by atoms with Gasteiger partial charge in [-0.3, -0.25) is 0 Å². The van der Waals surface area contributed by atoms with Gasteiger partial charge in [0.2, 0.25) is 0 Å². The number of rotatable bonds is 1. The Hall–Kier alpha value is 0.0400. The van der Waals surface area contributed by atoms with E-state index in [1.807, 2.05) is 0 Å². The highest BCUT2D eigenvalue weighted by molar-refractivity contribution is 14.1. The Kier molecular flexibility index (Phi) is 2.68. The summed E-state index contributed by atoms with van der Waals surface area (Å²) in [4.78, 5) is 0. The second kappa shape index (κ2) is 3.56. The SMILES string of the molecule is CC1(C)Cc2cc(I)cc(CCl)c2O1. The molecule has 1 aromatic carbocycles. The monoisotopic (exact) mass is 322 g/mol. The molecule has 0 spiro atoms. The summed E-state index contributed by atoms with van der Waals surface area (Å²) in [7, 11) is 0. The van der Waals surface area contributed by atoms with Crippen molar-refractivity contribution in [3.8, 4) is 5.75 Å². The Bertz CT molecular complexity index is 374. The van der Waals surface area contributed by atoms with Crippen LogP contribution in [0.5, 0.6) is 5.75 Å². The Labute approximate surface area is 103 Å². The molecule has 14 heavy (non-hydrogen) atoms. The molecule has 1 heterocycles. The quantitative estimate of drug-likeness (QED) is 0.565. The van der Waals surface area contributed by atoms with Crippen LogP contribution in [-0.2, 0) is 12.3 Å². The van der Waals surface area contributed by atoms with Gasteiger partial charge in [-0.25, -0.2) is 0 Å². The molecule has 2 rings (SSSR count). The molecular formula is C11H12ClIO. The highest BCUT2D eigenvalue weighted by atomic mass is 127. The van der Waals surface area contributed by atoms with Gasteiger partial charge in [0, 0.05) is 15.6 Å². The lowest BCUT2D eigenvalue weighted by atomic mass is 10.0. The Morgan fingerprint density at radius 3 is 2.86 bits per heavy atom. The number of ether oxygens (including phenoxy) is 1. The van der Waals surface area contributed by atoms with Gasteiger partial charge in [-0.2, -0.15) is 0 Å². The van der Waals surface area contributed by atoms with Crippen LogP contribution in [0.15, 0.2) is 12.1 Å². The summed E-state index contributed by atoms with van der Waals surface area (Å²) < 4.78 is 7.12. The predicted molar refractivity (Wildman–Crippen MR) is 67.1 cm³/mol. The zero-order valence-corrected chi connectivity index (χ0v) is 11.1. The fourth-order valence-electron chi connectivity index (χ4n) is 1.84. The number of fused-ring (bicyclic) bond motifs is 1. The molecule has 0 radical (unpaired) electrons. The average molecular weight is 323 g/mol. The van der Waals surface area contributed by atoms with Crippen molar-refractivity contribution in [2.24, 2.45) is 0 Å². The van der Waals surface area contributed by atoms with Crippen molar-refractivity contribution in [3.63, 3.8) is 0 Å². The minimum absolute atomic E-state index is 0.0758. The van der Waals surface area contributed by atoms with Gasteiger partial charge in [-0.05, 0) is 54.1 Å². The highest BCUT2D eigenvalue weighted by Crippen LogP contribution is 2.39. The molecule has 1 aliphatic rings. The van der Waals surface area contributed by atoms with E-state index in [4.69, 9.17) is 16.3 Å². The van der Waals surface area contributed by atoms with Crippen LogP contribution in [0.2, 0.25) is 0 Å². The van der Waals surface area contributed by atoms with E-state index in [1.165, 1.54) is 9.13 Å². The van der Waals surface area contributed by atoms with Gasteiger partial charge in [-0.1, -0.05) is 0 Å². The van der Waals surface area contributed by atoms with Crippen molar-refractivity contribution in [2.45, 2.75) is 31.7 Å². The van der Waals surface area contributed by atoms with Crippen molar-refractivity contribution in [1.29, 1.82) is 0 Å². The Balaban J connectivity index is 2.50. The maximum atomic E-state index is 5.89. The maximum Gasteiger partial charge on any atom is 0.127 e. The van der Waals surface area contributed by atoms with Crippen LogP contribution in [0.4, 0.5) is 0 Å². The van der Waals surface area contributed by atoms with Gasteiger partial charge in [0.15, 0.2) is 0 Å². The second-order valence-electron chi connectivity index (χ2n) is 4.23. The van der Waals surface area contributed by atoms with E-state index in [0.29, 0.717) is 5.88 Å². The van der Waals surface area contributed by atoms with Crippen LogP contribution >= 0.6 is 34.2 Å². The molecule has 0 N–H and O–H groups in total. The van der Waals surface area contributed by atoms with Gasteiger partial charge < -0.3 is 4.74 Å². The standard InChI is InChI=1S/C11H12ClIO/c1-11(2)5-7-3-9(13)4-8(6-12)10(7)14-11/h3-4H,5-6H2,1-2H3. The molecule has 1 aliphatic heterocycles. The number of hydrogen-bond donors (Lipinski definition) is 0. The van der Waals surface area contributed by atoms with Gasteiger partial charge in [0.05, 0.1) is 5.88 Å². The van der Waals surface area contributed by atoms with Crippen molar-refractivity contribution in [2.75, 3.05) is 0 Å². The fraction of sp³-hybridized carbons (Fsp3) is 0.455. The smallest absolute Gasteiger partial charge is 0.127 e. The van der Waals surface area contributed by atoms with Crippen LogP contribution in [0, 0.1) is 3.57 Å². The molecule has 0 saturated carbocycles. The minimum Gasteiger partial charge on any atom is -0.487 e. The van der Waals surface area contributed by atoms with Crippen LogP contribution in [-0.4, -0.2) is 5.60 Å². The zero-order valence-electron chi connectivity index (χ0n) is 8.23. The third-order valence-electron chi connectivity index (χ3n) is 2.35. The number of benzene rings is 1. The molecule has 0 unspecified atom stereocenters. The zero-order chi connectivity index (χ0) is 10.3. The average Bonchev–Trinajstić information content (AvgIpc) is 2.37. The van der Waals surface area contributed by atoms with Crippen LogP contribution in [0.3, 0.4) is 0 Å². The van der Waals surface area contributed by atoms with E-state index in [0.717, 1.165) is 17.7 Å². The minimum atomic E-state index is -0.0758. The van der Waals surface area contributed by atoms with Crippen molar-refractivity contribution in [1.82, 2.24) is 0 Å². The van der Waals surface area contributed by atoms with Gasteiger partial charge in [0.25, 0.3) is 0 Å². The molecule has 0 aromatic heterocycles. The molecule has 0 atom stereocenters. The first-order chi connectivity index (χ1) is 6.52. The molecule has 0 fully saturated rings. The summed E-state index contributed by atoms with van der Waals surface area (Å²) in [6.07, 6.45) is 0.975. The third kappa shape index (κ3) is 1.87. The molecule has 0 aliphatic carbocycles. The first-order valence-electron chi connectivity index (χ1n) is 4.58. The van der Waals surface area contributed by atoms with Crippen LogP contribution in [0.25, 0.3) is 0 Å². The van der Waals surface area contributed by atoms with Crippen molar-refractivity contribution >= 4 is 34.2 Å². The van der Waals surface area contributed by atoms with Crippen LogP contribution in [0.1, 0.15) is 25.0 Å². The lowest BCUT2D eigenvalue weighted by Crippen LogP contribution is -2.24. The largest absolute Gasteiger partial charge is 0.487 e. The predicted octanol–water partition coefficient (Wildman–Crippen LogP) is 3.74. The van der Waals surface area contributed by atoms with E-state index in [-0.39, 0.29) is 5.60 Å². The summed E-state index contributed by atoms with van der Waals surface area (Å²) in [6.45, 7) is 4.22. The van der Waals surface area contributed by atoms with Crippen LogP contribution < -0.4 is 4.74 Å². The molecule has 0 amide bonds. The molecular weight excluding hydrogens is 310 g/mol. The summed E-state index contributed by atoms with van der Waals surface area (Å²) in [5.74, 6) is 1.53. The summed E-state index contributed by atoms with van der Waals surface area (Å²) in [6, 6.07) is 4.27. The normalized spacial score (nSPS) is 17.7. The summed E-state index contributed by atoms with van der Waals surface area (Å²) >= 11 is 8.21. The molecule has 76 valence electrons. The first kappa shape index (κ1) is 10.6. The molecule has 1 aromatic rings. The second-order valence-corrected chi connectivity index (χ2v) is 5.74. The number of hydrogen-bond acceptors (Lipinski definition) is 1. The Morgan fingerprint density at radius 2 is 2.21 bits per heavy atom. The fourth-order valence-corrected chi connectivity index (χ4v) is 2.79. The van der Waals surface area contributed by atoms with Gasteiger partial charge in [-0.15, -0.1) is 11.6 Å². The summed E-state index contributed by atoms with van der Waals surface area (Å²) in [5, 5.41) is 0. The van der Waals surface area contributed by atoms with Crippen molar-refractivity contribution < 1.29 is 4.74 Å². The van der Waals surface area contributed by atoms with Gasteiger partial charge in [0.1, 0.15) is 11.4 Å².